The zero-order chi connectivity index (χ0) is 23.6. The van der Waals surface area contributed by atoms with Gasteiger partial charge in [-0.25, -0.2) is 22.7 Å². The number of halogens is 1. The molecule has 0 bridgehead atoms. The second-order valence-corrected chi connectivity index (χ2v) is 10.7. The summed E-state index contributed by atoms with van der Waals surface area (Å²) in [4.78, 5) is 31.1. The van der Waals surface area contributed by atoms with E-state index in [2.05, 4.69) is 14.7 Å². The highest BCUT2D eigenvalue weighted by Gasteiger charge is 2.32. The van der Waals surface area contributed by atoms with E-state index < -0.39 is 27.7 Å². The van der Waals surface area contributed by atoms with E-state index in [-0.39, 0.29) is 19.0 Å². The lowest BCUT2D eigenvalue weighted by atomic mass is 10.1. The van der Waals surface area contributed by atoms with Gasteiger partial charge in [-0.2, -0.15) is 0 Å². The van der Waals surface area contributed by atoms with Crippen molar-refractivity contribution in [2.75, 3.05) is 54.5 Å². The molecule has 11 heteroatoms. The Kier molecular flexibility index (Phi) is 6.50. The summed E-state index contributed by atoms with van der Waals surface area (Å²) in [5, 5.41) is 2.61. The van der Waals surface area contributed by atoms with Gasteiger partial charge in [0, 0.05) is 65.6 Å². The van der Waals surface area contributed by atoms with E-state index in [9.17, 15) is 18.2 Å². The lowest BCUT2D eigenvalue weighted by Crippen LogP contribution is -2.40. The van der Waals surface area contributed by atoms with Gasteiger partial charge in [0.2, 0.25) is 5.91 Å². The van der Waals surface area contributed by atoms with Crippen LogP contribution in [0.1, 0.15) is 6.92 Å². The van der Waals surface area contributed by atoms with E-state index >= 15 is 0 Å². The first-order valence-electron chi connectivity index (χ1n) is 10.6. The summed E-state index contributed by atoms with van der Waals surface area (Å²) in [5.41, 5.74) is 1.36. The molecule has 0 radical (unpaired) electrons. The van der Waals surface area contributed by atoms with Gasteiger partial charge >= 0.3 is 6.09 Å². The number of aromatic nitrogens is 1. The third-order valence-corrected chi connectivity index (χ3v) is 8.10. The average Bonchev–Trinajstić information content (AvgIpc) is 3.19. The van der Waals surface area contributed by atoms with Gasteiger partial charge in [0.25, 0.3) is 0 Å². The van der Waals surface area contributed by atoms with Crippen molar-refractivity contribution in [2.24, 2.45) is 4.36 Å². The first kappa shape index (κ1) is 23.0. The number of cyclic esters (lactones) is 1. The second kappa shape index (κ2) is 9.34. The fourth-order valence-electron chi connectivity index (χ4n) is 3.87. The zero-order valence-corrected chi connectivity index (χ0v) is 19.3. The van der Waals surface area contributed by atoms with Crippen LogP contribution in [0.4, 0.5) is 20.7 Å². The number of anilines is 2. The number of nitrogens with one attached hydrogen (secondary N) is 1. The maximum atomic E-state index is 14.9. The third-order valence-electron chi connectivity index (χ3n) is 5.79. The molecule has 1 aromatic heterocycles. The summed E-state index contributed by atoms with van der Waals surface area (Å²) in [5.74, 6) is 1.07. The monoisotopic (exact) mass is 475 g/mol. The molecule has 2 fully saturated rings. The van der Waals surface area contributed by atoms with Crippen LogP contribution in [0.25, 0.3) is 11.1 Å². The largest absolute Gasteiger partial charge is 0.442 e. The molecule has 1 N–H and O–H groups in total. The van der Waals surface area contributed by atoms with Crippen LogP contribution in [0.2, 0.25) is 0 Å². The molecule has 0 saturated carbocycles. The number of carbonyl (C=O) groups is 2. The molecule has 3 heterocycles. The maximum absolute atomic E-state index is 14.9. The molecule has 9 nitrogen and oxygen atoms in total. The van der Waals surface area contributed by atoms with Crippen molar-refractivity contribution >= 4 is 33.2 Å². The summed E-state index contributed by atoms with van der Waals surface area (Å²) in [6.45, 7) is 3.04. The van der Waals surface area contributed by atoms with Crippen LogP contribution in [0.3, 0.4) is 0 Å². The van der Waals surface area contributed by atoms with Gasteiger partial charge in [-0.15, -0.1) is 0 Å². The predicted molar refractivity (Wildman–Crippen MR) is 124 cm³/mol. The normalized spacial score (nSPS) is 19.8. The van der Waals surface area contributed by atoms with Crippen LogP contribution in [-0.4, -0.2) is 72.0 Å². The SMILES string of the molecule is CN=S1(=O)CCN(c2ccc(-c3ccc(N4C[C@H](CNC(C)=O)OC4=O)cc3F)cn2)CC1. The molecule has 2 aromatic rings. The van der Waals surface area contributed by atoms with Crippen LogP contribution in [0.15, 0.2) is 40.9 Å². The minimum Gasteiger partial charge on any atom is -0.442 e. The van der Waals surface area contributed by atoms with Gasteiger partial charge < -0.3 is 15.0 Å². The molecule has 2 amide bonds. The van der Waals surface area contributed by atoms with Gasteiger partial charge in [-0.1, -0.05) is 0 Å². The Hall–Kier alpha value is -3.21. The molecule has 2 aliphatic rings. The summed E-state index contributed by atoms with van der Waals surface area (Å²) in [6.07, 6.45) is 0.539. The highest BCUT2D eigenvalue weighted by molar-refractivity contribution is 7.93. The first-order valence-corrected chi connectivity index (χ1v) is 12.5. The van der Waals surface area contributed by atoms with E-state index in [0.29, 0.717) is 41.4 Å². The molecule has 1 aromatic carbocycles. The Morgan fingerprint density at radius 2 is 2.06 bits per heavy atom. The predicted octanol–water partition coefficient (Wildman–Crippen LogP) is 2.27. The van der Waals surface area contributed by atoms with Crippen molar-refractivity contribution in [3.05, 3.63) is 42.3 Å². The van der Waals surface area contributed by atoms with Crippen molar-refractivity contribution in [3.8, 4) is 11.1 Å². The molecular weight excluding hydrogens is 449 g/mol. The number of hydrogen-bond donors (Lipinski definition) is 1. The van der Waals surface area contributed by atoms with Crippen LogP contribution in [0.5, 0.6) is 0 Å². The number of rotatable bonds is 5. The van der Waals surface area contributed by atoms with Gasteiger partial charge in [-0.3, -0.25) is 9.69 Å². The van der Waals surface area contributed by atoms with Crippen molar-refractivity contribution in [2.45, 2.75) is 13.0 Å². The van der Waals surface area contributed by atoms with E-state index in [1.54, 1.807) is 31.4 Å². The summed E-state index contributed by atoms with van der Waals surface area (Å²) < 4.78 is 36.5. The molecule has 1 atom stereocenters. The van der Waals surface area contributed by atoms with Crippen LogP contribution >= 0.6 is 0 Å². The van der Waals surface area contributed by atoms with E-state index in [4.69, 9.17) is 4.74 Å². The number of pyridine rings is 1. The third kappa shape index (κ3) is 5.08. The lowest BCUT2D eigenvalue weighted by Gasteiger charge is -2.29. The van der Waals surface area contributed by atoms with Crippen molar-refractivity contribution < 1.29 is 22.9 Å². The molecule has 4 rings (SSSR count). The Balaban J connectivity index is 1.45. The highest BCUT2D eigenvalue weighted by Crippen LogP contribution is 2.29. The number of carbonyl (C=O) groups excluding carboxylic acids is 2. The molecule has 2 aliphatic heterocycles. The average molecular weight is 476 g/mol. The summed E-state index contributed by atoms with van der Waals surface area (Å²) in [7, 11) is -0.502. The van der Waals surface area contributed by atoms with E-state index in [0.717, 1.165) is 5.82 Å². The molecule has 176 valence electrons. The maximum Gasteiger partial charge on any atom is 0.414 e. The number of nitrogens with zero attached hydrogens (tertiary/aromatic N) is 4. The number of amides is 2. The second-order valence-electron chi connectivity index (χ2n) is 7.97. The molecule has 0 aliphatic carbocycles. The minimum atomic E-state index is -2.10. The fraction of sp³-hybridized carbons (Fsp3) is 0.409. The molecule has 33 heavy (non-hydrogen) atoms. The van der Waals surface area contributed by atoms with Gasteiger partial charge in [0.1, 0.15) is 17.7 Å². The number of hydrogen-bond acceptors (Lipinski definition) is 7. The summed E-state index contributed by atoms with van der Waals surface area (Å²) in [6, 6.07) is 8.17. The van der Waals surface area contributed by atoms with Crippen molar-refractivity contribution in [1.29, 1.82) is 0 Å². The molecule has 0 spiro atoms. The summed E-state index contributed by atoms with van der Waals surface area (Å²) >= 11 is 0. The van der Waals surface area contributed by atoms with Gasteiger partial charge in [0.15, 0.2) is 0 Å². The number of benzene rings is 1. The lowest BCUT2D eigenvalue weighted by molar-refractivity contribution is -0.119. The fourth-order valence-corrected chi connectivity index (χ4v) is 5.45. The Labute approximate surface area is 192 Å². The van der Waals surface area contributed by atoms with Crippen molar-refractivity contribution in [3.63, 3.8) is 0 Å². The Bertz CT molecular complexity index is 1170. The van der Waals surface area contributed by atoms with Gasteiger partial charge in [-0.05, 0) is 30.3 Å². The van der Waals surface area contributed by atoms with E-state index in [1.165, 1.54) is 17.9 Å². The first-order chi connectivity index (χ1) is 15.8. The zero-order valence-electron chi connectivity index (χ0n) is 18.5. The quantitative estimate of drug-likeness (QED) is 0.712. The smallest absolute Gasteiger partial charge is 0.414 e. The van der Waals surface area contributed by atoms with Crippen LogP contribution < -0.4 is 15.1 Å². The van der Waals surface area contributed by atoms with Crippen LogP contribution in [0, 0.1) is 5.82 Å². The van der Waals surface area contributed by atoms with Gasteiger partial charge in [0.05, 0.1) is 18.8 Å². The van der Waals surface area contributed by atoms with Crippen LogP contribution in [-0.2, 0) is 19.3 Å². The standard InChI is InChI=1S/C22H26FN5O4S/c1-15(29)25-13-18-14-28(22(30)32-18)17-4-5-19(20(23)11-17)16-3-6-21(26-12-16)27-7-9-33(31,24-2)10-8-27/h3-6,11-12,18H,7-10,13-14H2,1-2H3,(H,25,29)/t18-/m0/s1. The Morgan fingerprint density at radius 1 is 1.30 bits per heavy atom. The van der Waals surface area contributed by atoms with E-state index in [1.807, 2.05) is 11.0 Å². The minimum absolute atomic E-state index is 0.206. The topological polar surface area (TPSA) is 104 Å². The molecule has 2 saturated heterocycles. The molecule has 0 unspecified atom stereocenters. The highest BCUT2D eigenvalue weighted by atomic mass is 32.2. The van der Waals surface area contributed by atoms with Crippen molar-refractivity contribution in [1.82, 2.24) is 10.3 Å². The number of ether oxygens (including phenoxy) is 1. The Morgan fingerprint density at radius 3 is 2.67 bits per heavy atom. The molecular formula is C22H26FN5O4S.